The molecule has 0 saturated heterocycles. The molecular weight excluding hydrogens is 332 g/mol. The minimum Gasteiger partial charge on any atom is -0.490 e. The van der Waals surface area contributed by atoms with Gasteiger partial charge in [-0.2, -0.15) is 0 Å². The van der Waals surface area contributed by atoms with Crippen molar-refractivity contribution in [3.8, 4) is 11.5 Å². The summed E-state index contributed by atoms with van der Waals surface area (Å²) in [4.78, 5) is 12.7. The molecule has 2 aromatic rings. The largest absolute Gasteiger partial charge is 0.490 e. The summed E-state index contributed by atoms with van der Waals surface area (Å²) >= 11 is 6.27. The molecule has 0 fully saturated rings. The molecule has 24 heavy (non-hydrogen) atoms. The standard InChI is InChI=1S/C17H19ClN2O4/c1-9(2)16-15(10(3)20-24-16)17(21)19-12-8-14-13(7-11(12)18)22-5-4-6-23-14/h7-9H,4-6H2,1-3H3,(H,19,21). The van der Waals surface area contributed by atoms with E-state index in [1.807, 2.05) is 13.8 Å². The highest BCUT2D eigenvalue weighted by Gasteiger charge is 2.24. The number of fused-ring (bicyclic) bond motifs is 1. The van der Waals surface area contributed by atoms with Crippen LogP contribution in [0, 0.1) is 6.92 Å². The first-order valence-electron chi connectivity index (χ1n) is 7.84. The van der Waals surface area contributed by atoms with Crippen molar-refractivity contribution in [1.82, 2.24) is 5.16 Å². The Morgan fingerprint density at radius 1 is 1.25 bits per heavy atom. The fourth-order valence-electron chi connectivity index (χ4n) is 2.52. The van der Waals surface area contributed by atoms with Crippen LogP contribution in [-0.4, -0.2) is 24.3 Å². The SMILES string of the molecule is Cc1noc(C(C)C)c1C(=O)Nc1cc2c(cc1Cl)OCCCO2. The van der Waals surface area contributed by atoms with Crippen LogP contribution in [-0.2, 0) is 0 Å². The van der Waals surface area contributed by atoms with E-state index in [9.17, 15) is 4.79 Å². The number of aromatic nitrogens is 1. The molecule has 0 bridgehead atoms. The van der Waals surface area contributed by atoms with Crippen LogP contribution in [0.1, 0.15) is 48.0 Å². The highest BCUT2D eigenvalue weighted by atomic mass is 35.5. The molecule has 0 spiro atoms. The third kappa shape index (κ3) is 3.19. The summed E-state index contributed by atoms with van der Waals surface area (Å²) < 4.78 is 16.5. The van der Waals surface area contributed by atoms with Crippen LogP contribution in [0.3, 0.4) is 0 Å². The van der Waals surface area contributed by atoms with Gasteiger partial charge in [-0.25, -0.2) is 0 Å². The van der Waals surface area contributed by atoms with Gasteiger partial charge >= 0.3 is 0 Å². The van der Waals surface area contributed by atoms with E-state index in [0.29, 0.717) is 52.4 Å². The second kappa shape index (κ2) is 6.73. The Labute approximate surface area is 145 Å². The van der Waals surface area contributed by atoms with E-state index in [4.69, 9.17) is 25.6 Å². The number of hydrogen-bond acceptors (Lipinski definition) is 5. The minimum absolute atomic E-state index is 0.0474. The first kappa shape index (κ1) is 16.6. The zero-order chi connectivity index (χ0) is 17.3. The molecule has 1 aromatic heterocycles. The molecule has 1 aliphatic rings. The van der Waals surface area contributed by atoms with E-state index in [1.165, 1.54) is 0 Å². The van der Waals surface area contributed by atoms with E-state index in [2.05, 4.69) is 10.5 Å². The van der Waals surface area contributed by atoms with Gasteiger partial charge < -0.3 is 19.3 Å². The minimum atomic E-state index is -0.311. The van der Waals surface area contributed by atoms with Crippen LogP contribution in [0.5, 0.6) is 11.5 Å². The summed E-state index contributed by atoms with van der Waals surface area (Å²) in [7, 11) is 0. The zero-order valence-electron chi connectivity index (χ0n) is 13.8. The molecule has 0 saturated carbocycles. The summed E-state index contributed by atoms with van der Waals surface area (Å²) in [6.07, 6.45) is 0.797. The van der Waals surface area contributed by atoms with Crippen molar-refractivity contribution in [2.45, 2.75) is 33.1 Å². The number of rotatable bonds is 3. The lowest BCUT2D eigenvalue weighted by molar-refractivity contribution is 0.102. The Bertz CT molecular complexity index is 770. The van der Waals surface area contributed by atoms with E-state index in [1.54, 1.807) is 19.1 Å². The van der Waals surface area contributed by atoms with E-state index < -0.39 is 0 Å². The average molecular weight is 351 g/mol. The number of halogens is 1. The van der Waals surface area contributed by atoms with Crippen LogP contribution in [0.25, 0.3) is 0 Å². The van der Waals surface area contributed by atoms with Crippen molar-refractivity contribution < 1.29 is 18.8 Å². The number of anilines is 1. The number of nitrogens with zero attached hydrogens (tertiary/aromatic N) is 1. The molecule has 1 aromatic carbocycles. The maximum Gasteiger partial charge on any atom is 0.261 e. The molecular formula is C17H19ClN2O4. The van der Waals surface area contributed by atoms with Gasteiger partial charge in [0.25, 0.3) is 5.91 Å². The number of ether oxygens (including phenoxy) is 2. The fourth-order valence-corrected chi connectivity index (χ4v) is 2.72. The molecule has 1 N–H and O–H groups in total. The zero-order valence-corrected chi connectivity index (χ0v) is 14.6. The lowest BCUT2D eigenvalue weighted by Gasteiger charge is -2.13. The molecule has 6 nitrogen and oxygen atoms in total. The first-order valence-corrected chi connectivity index (χ1v) is 8.22. The third-order valence-electron chi connectivity index (χ3n) is 3.73. The molecule has 1 amide bonds. The molecule has 7 heteroatoms. The molecule has 3 rings (SSSR count). The number of carbonyl (C=O) groups excluding carboxylic acids is 1. The van der Waals surface area contributed by atoms with Crippen LogP contribution in [0.15, 0.2) is 16.7 Å². The normalized spacial score (nSPS) is 13.7. The fraction of sp³-hybridized carbons (Fsp3) is 0.412. The van der Waals surface area contributed by atoms with Crippen LogP contribution in [0.2, 0.25) is 5.02 Å². The lowest BCUT2D eigenvalue weighted by Crippen LogP contribution is -2.15. The third-order valence-corrected chi connectivity index (χ3v) is 4.04. The Hall–Kier alpha value is -2.21. The summed E-state index contributed by atoms with van der Waals surface area (Å²) in [6, 6.07) is 3.33. The van der Waals surface area contributed by atoms with Crippen molar-refractivity contribution in [3.05, 3.63) is 34.2 Å². The second-order valence-corrected chi connectivity index (χ2v) is 6.35. The summed E-state index contributed by atoms with van der Waals surface area (Å²) in [6.45, 7) is 6.76. The predicted molar refractivity (Wildman–Crippen MR) is 90.3 cm³/mol. The second-order valence-electron chi connectivity index (χ2n) is 5.95. The Morgan fingerprint density at radius 3 is 2.58 bits per heavy atom. The van der Waals surface area contributed by atoms with Gasteiger partial charge in [-0.3, -0.25) is 4.79 Å². The van der Waals surface area contributed by atoms with Gasteiger partial charge in [0.15, 0.2) is 17.3 Å². The number of benzene rings is 1. The summed E-state index contributed by atoms with van der Waals surface area (Å²) in [5.41, 5.74) is 1.44. The van der Waals surface area contributed by atoms with E-state index in [0.717, 1.165) is 6.42 Å². The molecule has 0 radical (unpaired) electrons. The van der Waals surface area contributed by atoms with Crippen molar-refractivity contribution >= 4 is 23.2 Å². The Balaban J connectivity index is 1.90. The van der Waals surface area contributed by atoms with Crippen LogP contribution < -0.4 is 14.8 Å². The predicted octanol–water partition coefficient (Wildman–Crippen LogP) is 4.17. The van der Waals surface area contributed by atoms with E-state index in [-0.39, 0.29) is 11.8 Å². The van der Waals surface area contributed by atoms with Gasteiger partial charge in [0.2, 0.25) is 0 Å². The molecule has 0 aliphatic carbocycles. The van der Waals surface area contributed by atoms with Gasteiger partial charge in [-0.15, -0.1) is 0 Å². The first-order chi connectivity index (χ1) is 11.5. The number of aryl methyl sites for hydroxylation is 1. The van der Waals surface area contributed by atoms with Gasteiger partial charge in [0.1, 0.15) is 5.56 Å². The molecule has 1 aliphatic heterocycles. The van der Waals surface area contributed by atoms with Gasteiger partial charge in [0.05, 0.1) is 29.6 Å². The van der Waals surface area contributed by atoms with Gasteiger partial charge in [-0.05, 0) is 6.92 Å². The topological polar surface area (TPSA) is 73.6 Å². The average Bonchev–Trinajstić information content (AvgIpc) is 2.78. The molecule has 0 atom stereocenters. The summed E-state index contributed by atoms with van der Waals surface area (Å²) in [5.74, 6) is 1.44. The van der Waals surface area contributed by atoms with Gasteiger partial charge in [-0.1, -0.05) is 30.6 Å². The maximum atomic E-state index is 12.7. The quantitative estimate of drug-likeness (QED) is 0.899. The van der Waals surface area contributed by atoms with Gasteiger partial charge in [0, 0.05) is 24.5 Å². The number of carbonyl (C=O) groups is 1. The molecule has 0 unspecified atom stereocenters. The number of amides is 1. The highest BCUT2D eigenvalue weighted by Crippen LogP contribution is 2.38. The molecule has 128 valence electrons. The van der Waals surface area contributed by atoms with Crippen molar-refractivity contribution in [3.63, 3.8) is 0 Å². The van der Waals surface area contributed by atoms with Crippen LogP contribution in [0.4, 0.5) is 5.69 Å². The monoisotopic (exact) mass is 350 g/mol. The van der Waals surface area contributed by atoms with Crippen molar-refractivity contribution in [2.24, 2.45) is 0 Å². The summed E-state index contributed by atoms with van der Waals surface area (Å²) in [5, 5.41) is 7.09. The number of nitrogens with one attached hydrogen (secondary N) is 1. The molecule has 2 heterocycles. The smallest absolute Gasteiger partial charge is 0.261 e. The van der Waals surface area contributed by atoms with Crippen molar-refractivity contribution in [1.29, 1.82) is 0 Å². The van der Waals surface area contributed by atoms with Crippen LogP contribution >= 0.6 is 11.6 Å². The maximum absolute atomic E-state index is 12.7. The Kier molecular flexibility index (Phi) is 4.66. The highest BCUT2D eigenvalue weighted by molar-refractivity contribution is 6.34. The van der Waals surface area contributed by atoms with Crippen molar-refractivity contribution in [2.75, 3.05) is 18.5 Å². The number of hydrogen-bond donors (Lipinski definition) is 1. The lowest BCUT2D eigenvalue weighted by atomic mass is 10.0. The Morgan fingerprint density at radius 2 is 1.92 bits per heavy atom. The van der Waals surface area contributed by atoms with E-state index >= 15 is 0 Å².